The van der Waals surface area contributed by atoms with Crippen LogP contribution in [0, 0.1) is 17.5 Å². The van der Waals surface area contributed by atoms with Crippen molar-refractivity contribution in [2.75, 3.05) is 24.9 Å². The molecule has 0 fully saturated rings. The van der Waals surface area contributed by atoms with Crippen molar-refractivity contribution in [3.8, 4) is 11.5 Å². The molecule has 3 aromatic rings. The van der Waals surface area contributed by atoms with Crippen LogP contribution in [0.15, 0.2) is 36.5 Å². The van der Waals surface area contributed by atoms with Crippen LogP contribution in [-0.2, 0) is 0 Å². The first-order valence-corrected chi connectivity index (χ1v) is 7.61. The zero-order valence-electron chi connectivity index (χ0n) is 14.3. The van der Waals surface area contributed by atoms with E-state index in [1.54, 1.807) is 18.2 Å². The molecule has 0 aliphatic rings. The van der Waals surface area contributed by atoms with Gasteiger partial charge in [0.05, 0.1) is 31.8 Å². The highest BCUT2D eigenvalue weighted by molar-refractivity contribution is 5.66. The van der Waals surface area contributed by atoms with Crippen LogP contribution >= 0.6 is 0 Å². The largest absolute Gasteiger partial charge is 0.497 e. The van der Waals surface area contributed by atoms with E-state index in [0.29, 0.717) is 17.2 Å². The summed E-state index contributed by atoms with van der Waals surface area (Å²) in [6, 6.07) is 6.93. The number of methoxy groups -OCH3 is 2. The van der Waals surface area contributed by atoms with Crippen molar-refractivity contribution in [3.63, 3.8) is 0 Å². The fraction of sp³-hybridized carbons (Fsp3) is 0.118. The fourth-order valence-electron chi connectivity index (χ4n) is 2.21. The lowest BCUT2D eigenvalue weighted by Crippen LogP contribution is -2.05. The van der Waals surface area contributed by atoms with E-state index in [4.69, 9.17) is 9.47 Å². The zero-order chi connectivity index (χ0) is 19.4. The minimum atomic E-state index is -1.59. The smallest absolute Gasteiger partial charge is 0.249 e. The topological polar surface area (TPSA) is 81.2 Å². The third-order valence-corrected chi connectivity index (χ3v) is 3.51. The lowest BCUT2D eigenvalue weighted by Gasteiger charge is -2.12. The van der Waals surface area contributed by atoms with Crippen molar-refractivity contribution in [2.45, 2.75) is 0 Å². The fourth-order valence-corrected chi connectivity index (χ4v) is 2.21. The predicted octanol–water partition coefficient (Wildman–Crippen LogP) is 3.79. The molecule has 0 saturated carbocycles. The van der Waals surface area contributed by atoms with Crippen molar-refractivity contribution in [1.29, 1.82) is 0 Å². The molecule has 1 aromatic heterocycles. The van der Waals surface area contributed by atoms with Crippen molar-refractivity contribution in [3.05, 3.63) is 54.0 Å². The number of halogens is 3. The Hall–Kier alpha value is -3.56. The van der Waals surface area contributed by atoms with Crippen molar-refractivity contribution < 1.29 is 22.6 Å². The highest BCUT2D eigenvalue weighted by atomic mass is 19.2. The Bertz CT molecular complexity index is 971. The first kappa shape index (κ1) is 18.2. The van der Waals surface area contributed by atoms with E-state index >= 15 is 0 Å². The van der Waals surface area contributed by atoms with E-state index in [0.717, 1.165) is 12.1 Å². The van der Waals surface area contributed by atoms with Gasteiger partial charge in [0.1, 0.15) is 11.5 Å². The maximum atomic E-state index is 13.8. The molecular formula is C17H14F3N5O2. The third-order valence-electron chi connectivity index (χ3n) is 3.51. The first-order chi connectivity index (χ1) is 13.0. The van der Waals surface area contributed by atoms with Gasteiger partial charge in [-0.1, -0.05) is 0 Å². The van der Waals surface area contributed by atoms with E-state index in [9.17, 15) is 13.2 Å². The molecular weight excluding hydrogens is 363 g/mol. The van der Waals surface area contributed by atoms with E-state index in [1.165, 1.54) is 20.4 Å². The van der Waals surface area contributed by atoms with Gasteiger partial charge in [-0.2, -0.15) is 10.1 Å². The number of nitrogens with one attached hydrogen (secondary N) is 2. The van der Waals surface area contributed by atoms with Gasteiger partial charge < -0.3 is 20.1 Å². The molecule has 0 spiro atoms. The molecule has 0 bridgehead atoms. The normalized spacial score (nSPS) is 10.4. The number of rotatable bonds is 6. The van der Waals surface area contributed by atoms with E-state index in [1.807, 2.05) is 0 Å². The van der Waals surface area contributed by atoms with Crippen LogP contribution in [0.4, 0.5) is 36.3 Å². The van der Waals surface area contributed by atoms with Crippen molar-refractivity contribution in [2.24, 2.45) is 0 Å². The summed E-state index contributed by atoms with van der Waals surface area (Å²) in [4.78, 5) is 4.11. The van der Waals surface area contributed by atoms with Crippen LogP contribution in [0.25, 0.3) is 0 Å². The summed E-state index contributed by atoms with van der Waals surface area (Å²) in [5.74, 6) is -3.03. The van der Waals surface area contributed by atoms with Gasteiger partial charge in [-0.15, -0.1) is 5.10 Å². The van der Waals surface area contributed by atoms with Gasteiger partial charge >= 0.3 is 0 Å². The predicted molar refractivity (Wildman–Crippen MR) is 92.3 cm³/mol. The lowest BCUT2D eigenvalue weighted by atomic mass is 10.2. The molecule has 0 aliphatic heterocycles. The second kappa shape index (κ2) is 7.77. The summed E-state index contributed by atoms with van der Waals surface area (Å²) in [5.41, 5.74) is 0.217. The molecule has 10 heteroatoms. The Balaban J connectivity index is 1.86. The van der Waals surface area contributed by atoms with Gasteiger partial charge in [-0.05, 0) is 24.3 Å². The van der Waals surface area contributed by atoms with Gasteiger partial charge in [-0.3, -0.25) is 0 Å². The van der Waals surface area contributed by atoms with Gasteiger partial charge in [0, 0.05) is 6.07 Å². The zero-order valence-corrected chi connectivity index (χ0v) is 14.3. The first-order valence-electron chi connectivity index (χ1n) is 7.61. The molecule has 2 aromatic carbocycles. The number of aromatic nitrogens is 3. The van der Waals surface area contributed by atoms with Crippen LogP contribution in [0.5, 0.6) is 11.5 Å². The number of ether oxygens (including phenoxy) is 2. The summed E-state index contributed by atoms with van der Waals surface area (Å²) in [6.07, 6.45) is 1.33. The van der Waals surface area contributed by atoms with Crippen LogP contribution < -0.4 is 20.1 Å². The maximum absolute atomic E-state index is 13.8. The summed E-state index contributed by atoms with van der Waals surface area (Å²) >= 11 is 0. The summed E-state index contributed by atoms with van der Waals surface area (Å²) in [7, 11) is 3.03. The standard InChI is InChI=1S/C17H14F3N5O2/c1-26-9-3-6-13(27-2)12(7-9)22-14-8-21-25-17(24-14)23-11-5-4-10(18)15(19)16(11)20/h3-8H,1-2H3,(H2,22,23,24,25). The molecule has 2 N–H and O–H groups in total. The Kier molecular flexibility index (Phi) is 5.25. The van der Waals surface area contributed by atoms with E-state index in [2.05, 4.69) is 25.8 Å². The SMILES string of the molecule is COc1ccc(OC)c(Nc2cnnc(Nc3ccc(F)c(F)c3F)n2)c1. The average Bonchev–Trinajstić information content (AvgIpc) is 2.68. The van der Waals surface area contributed by atoms with Gasteiger partial charge in [0.25, 0.3) is 0 Å². The number of anilines is 4. The Labute approximate surface area is 152 Å². The van der Waals surface area contributed by atoms with Crippen molar-refractivity contribution >= 4 is 23.1 Å². The van der Waals surface area contributed by atoms with Gasteiger partial charge in [0.15, 0.2) is 23.3 Å². The number of nitrogens with zero attached hydrogens (tertiary/aromatic N) is 3. The van der Waals surface area contributed by atoms with E-state index < -0.39 is 17.5 Å². The quantitative estimate of drug-likeness (QED) is 0.633. The number of hydrogen-bond donors (Lipinski definition) is 2. The lowest BCUT2D eigenvalue weighted by molar-refractivity contribution is 0.405. The Morgan fingerprint density at radius 2 is 1.70 bits per heavy atom. The molecule has 0 amide bonds. The van der Waals surface area contributed by atoms with Gasteiger partial charge in [-0.25, -0.2) is 13.2 Å². The molecule has 27 heavy (non-hydrogen) atoms. The second-order valence-corrected chi connectivity index (χ2v) is 5.20. The molecule has 0 aliphatic carbocycles. The molecule has 140 valence electrons. The van der Waals surface area contributed by atoms with Gasteiger partial charge in [0.2, 0.25) is 5.95 Å². The van der Waals surface area contributed by atoms with Crippen LogP contribution in [0.3, 0.4) is 0 Å². The molecule has 3 rings (SSSR count). The second-order valence-electron chi connectivity index (χ2n) is 5.20. The summed E-state index contributed by atoms with van der Waals surface area (Å²) in [5, 5.41) is 12.9. The molecule has 0 unspecified atom stereocenters. The minimum Gasteiger partial charge on any atom is -0.497 e. The van der Waals surface area contributed by atoms with Crippen LogP contribution in [0.1, 0.15) is 0 Å². The molecule has 7 nitrogen and oxygen atoms in total. The minimum absolute atomic E-state index is 0.119. The third kappa shape index (κ3) is 4.00. The summed E-state index contributed by atoms with van der Waals surface area (Å²) in [6.45, 7) is 0. The highest BCUT2D eigenvalue weighted by Crippen LogP contribution is 2.31. The van der Waals surface area contributed by atoms with Crippen LogP contribution in [-0.4, -0.2) is 29.4 Å². The average molecular weight is 377 g/mol. The monoisotopic (exact) mass is 377 g/mol. The Morgan fingerprint density at radius 3 is 2.44 bits per heavy atom. The summed E-state index contributed by atoms with van der Waals surface area (Å²) < 4.78 is 50.6. The number of hydrogen-bond acceptors (Lipinski definition) is 7. The van der Waals surface area contributed by atoms with Crippen LogP contribution in [0.2, 0.25) is 0 Å². The number of benzene rings is 2. The molecule has 0 atom stereocenters. The van der Waals surface area contributed by atoms with Crippen molar-refractivity contribution in [1.82, 2.24) is 15.2 Å². The molecule has 1 heterocycles. The molecule has 0 radical (unpaired) electrons. The molecule has 0 saturated heterocycles. The highest BCUT2D eigenvalue weighted by Gasteiger charge is 2.15. The maximum Gasteiger partial charge on any atom is 0.249 e. The van der Waals surface area contributed by atoms with E-state index in [-0.39, 0.29) is 17.5 Å². The Morgan fingerprint density at radius 1 is 0.889 bits per heavy atom.